The summed E-state index contributed by atoms with van der Waals surface area (Å²) >= 11 is 0. The number of amides is 2. The molecule has 2 aromatic carbocycles. The molecule has 0 fully saturated rings. The highest BCUT2D eigenvalue weighted by molar-refractivity contribution is 6.03. The molecular formula is C23H22FN3O4. The third kappa shape index (κ3) is 5.79. The summed E-state index contributed by atoms with van der Waals surface area (Å²) in [5, 5.41) is 5.30. The Kier molecular flexibility index (Phi) is 7.16. The van der Waals surface area contributed by atoms with E-state index in [1.165, 1.54) is 18.3 Å². The SMILES string of the molecule is COc1ccc(CCNC(=O)c2cc(F)cc(NC(=O)c3ccccn3)c2)c(OC)c1. The first-order chi connectivity index (χ1) is 15.0. The summed E-state index contributed by atoms with van der Waals surface area (Å²) in [6, 6.07) is 14.0. The molecule has 0 aliphatic rings. The Morgan fingerprint density at radius 3 is 2.55 bits per heavy atom. The number of nitrogens with one attached hydrogen (secondary N) is 2. The van der Waals surface area contributed by atoms with Gasteiger partial charge in [0, 0.05) is 30.1 Å². The molecule has 0 bridgehead atoms. The van der Waals surface area contributed by atoms with Crippen molar-refractivity contribution in [2.45, 2.75) is 6.42 Å². The van der Waals surface area contributed by atoms with Crippen molar-refractivity contribution in [3.63, 3.8) is 0 Å². The fourth-order valence-corrected chi connectivity index (χ4v) is 2.96. The predicted octanol–water partition coefficient (Wildman–Crippen LogP) is 3.46. The zero-order valence-electron chi connectivity index (χ0n) is 17.1. The molecule has 3 aromatic rings. The molecule has 2 N–H and O–H groups in total. The lowest BCUT2D eigenvalue weighted by Gasteiger charge is -2.12. The minimum atomic E-state index is -0.638. The number of hydrogen-bond acceptors (Lipinski definition) is 5. The Morgan fingerprint density at radius 1 is 1.00 bits per heavy atom. The Morgan fingerprint density at radius 2 is 1.84 bits per heavy atom. The van der Waals surface area contributed by atoms with Crippen molar-refractivity contribution in [3.05, 3.63) is 83.4 Å². The molecule has 0 spiro atoms. The Bertz CT molecular complexity index is 1070. The van der Waals surface area contributed by atoms with E-state index in [0.717, 1.165) is 17.7 Å². The number of aromatic nitrogens is 1. The van der Waals surface area contributed by atoms with E-state index in [2.05, 4.69) is 15.6 Å². The van der Waals surface area contributed by atoms with Gasteiger partial charge in [0.05, 0.1) is 14.2 Å². The summed E-state index contributed by atoms with van der Waals surface area (Å²) in [6.07, 6.45) is 1.99. The van der Waals surface area contributed by atoms with Gasteiger partial charge in [0.1, 0.15) is 23.0 Å². The van der Waals surface area contributed by atoms with E-state index in [-0.39, 0.29) is 16.9 Å². The minimum Gasteiger partial charge on any atom is -0.497 e. The van der Waals surface area contributed by atoms with Gasteiger partial charge < -0.3 is 20.1 Å². The number of pyridine rings is 1. The van der Waals surface area contributed by atoms with E-state index < -0.39 is 17.6 Å². The van der Waals surface area contributed by atoms with Crippen molar-refractivity contribution in [1.82, 2.24) is 10.3 Å². The van der Waals surface area contributed by atoms with Crippen LogP contribution in [0.1, 0.15) is 26.4 Å². The second-order valence-electron chi connectivity index (χ2n) is 6.58. The van der Waals surface area contributed by atoms with Crippen LogP contribution in [-0.4, -0.2) is 37.6 Å². The number of rotatable bonds is 8. The summed E-state index contributed by atoms with van der Waals surface area (Å²) in [5.41, 5.74) is 1.34. The van der Waals surface area contributed by atoms with Crippen molar-refractivity contribution >= 4 is 17.5 Å². The fraction of sp³-hybridized carbons (Fsp3) is 0.174. The number of hydrogen-bond donors (Lipinski definition) is 2. The van der Waals surface area contributed by atoms with E-state index in [1.807, 2.05) is 12.1 Å². The second-order valence-corrected chi connectivity index (χ2v) is 6.58. The Labute approximate surface area is 179 Å². The lowest BCUT2D eigenvalue weighted by molar-refractivity contribution is 0.0952. The van der Waals surface area contributed by atoms with Crippen LogP contribution in [-0.2, 0) is 6.42 Å². The summed E-state index contributed by atoms with van der Waals surface area (Å²) in [5.74, 6) is -0.270. The van der Waals surface area contributed by atoms with Gasteiger partial charge in [-0.2, -0.15) is 0 Å². The van der Waals surface area contributed by atoms with Crippen LogP contribution < -0.4 is 20.1 Å². The highest BCUT2D eigenvalue weighted by Gasteiger charge is 2.13. The molecular weight excluding hydrogens is 401 g/mol. The summed E-state index contributed by atoms with van der Waals surface area (Å²) in [6.45, 7) is 0.313. The third-order valence-electron chi connectivity index (χ3n) is 4.49. The van der Waals surface area contributed by atoms with Gasteiger partial charge in [-0.15, -0.1) is 0 Å². The second kappa shape index (κ2) is 10.2. The molecule has 31 heavy (non-hydrogen) atoms. The first-order valence-corrected chi connectivity index (χ1v) is 9.52. The predicted molar refractivity (Wildman–Crippen MR) is 114 cm³/mol. The van der Waals surface area contributed by atoms with E-state index >= 15 is 0 Å². The molecule has 1 heterocycles. The van der Waals surface area contributed by atoms with Gasteiger partial charge in [-0.25, -0.2) is 4.39 Å². The van der Waals surface area contributed by atoms with Crippen LogP contribution in [0, 0.1) is 5.82 Å². The average molecular weight is 423 g/mol. The zero-order valence-corrected chi connectivity index (χ0v) is 17.1. The number of benzene rings is 2. The highest BCUT2D eigenvalue weighted by atomic mass is 19.1. The maximum Gasteiger partial charge on any atom is 0.274 e. The zero-order chi connectivity index (χ0) is 22.2. The first-order valence-electron chi connectivity index (χ1n) is 9.52. The van der Waals surface area contributed by atoms with Crippen molar-refractivity contribution < 1.29 is 23.5 Å². The molecule has 0 atom stereocenters. The number of carbonyl (C=O) groups is 2. The molecule has 0 saturated heterocycles. The van der Waals surface area contributed by atoms with Gasteiger partial charge in [0.2, 0.25) is 0 Å². The Balaban J connectivity index is 1.63. The smallest absolute Gasteiger partial charge is 0.274 e. The van der Waals surface area contributed by atoms with Crippen molar-refractivity contribution in [1.29, 1.82) is 0 Å². The number of carbonyl (C=O) groups excluding carboxylic acids is 2. The van der Waals surface area contributed by atoms with Gasteiger partial charge in [-0.3, -0.25) is 14.6 Å². The van der Waals surface area contributed by atoms with Gasteiger partial charge in [-0.1, -0.05) is 12.1 Å². The molecule has 2 amide bonds. The molecule has 0 aliphatic heterocycles. The number of anilines is 1. The lowest BCUT2D eigenvalue weighted by atomic mass is 10.1. The van der Waals surface area contributed by atoms with Crippen LogP contribution in [0.25, 0.3) is 0 Å². The van der Waals surface area contributed by atoms with Gasteiger partial charge in [0.15, 0.2) is 0 Å². The number of ether oxygens (including phenoxy) is 2. The van der Waals surface area contributed by atoms with Gasteiger partial charge >= 0.3 is 0 Å². The van der Waals surface area contributed by atoms with Crippen LogP contribution in [0.2, 0.25) is 0 Å². The molecule has 0 aliphatic carbocycles. The van der Waals surface area contributed by atoms with Crippen LogP contribution in [0.15, 0.2) is 60.8 Å². The van der Waals surface area contributed by atoms with E-state index in [1.54, 1.807) is 32.4 Å². The van der Waals surface area contributed by atoms with E-state index in [0.29, 0.717) is 24.5 Å². The summed E-state index contributed by atoms with van der Waals surface area (Å²) in [7, 11) is 3.13. The molecule has 0 unspecified atom stereocenters. The molecule has 0 radical (unpaired) electrons. The highest BCUT2D eigenvalue weighted by Crippen LogP contribution is 2.24. The van der Waals surface area contributed by atoms with Crippen molar-refractivity contribution in [2.24, 2.45) is 0 Å². The largest absolute Gasteiger partial charge is 0.497 e. The van der Waals surface area contributed by atoms with E-state index in [9.17, 15) is 14.0 Å². The van der Waals surface area contributed by atoms with Crippen molar-refractivity contribution in [2.75, 3.05) is 26.1 Å². The Hall–Kier alpha value is -3.94. The minimum absolute atomic E-state index is 0.0954. The average Bonchev–Trinajstić information content (AvgIpc) is 2.79. The number of halogens is 1. The van der Waals surface area contributed by atoms with Crippen LogP contribution >= 0.6 is 0 Å². The molecule has 160 valence electrons. The fourth-order valence-electron chi connectivity index (χ4n) is 2.96. The molecule has 0 saturated carbocycles. The van der Waals surface area contributed by atoms with E-state index in [4.69, 9.17) is 9.47 Å². The van der Waals surface area contributed by atoms with Gasteiger partial charge in [-0.05, 0) is 48.4 Å². The molecule has 3 rings (SSSR count). The van der Waals surface area contributed by atoms with Gasteiger partial charge in [0.25, 0.3) is 11.8 Å². The van der Waals surface area contributed by atoms with Crippen molar-refractivity contribution in [3.8, 4) is 11.5 Å². The maximum absolute atomic E-state index is 14.0. The number of nitrogens with zero attached hydrogens (tertiary/aromatic N) is 1. The molecule has 8 heteroatoms. The lowest BCUT2D eigenvalue weighted by Crippen LogP contribution is -2.26. The third-order valence-corrected chi connectivity index (χ3v) is 4.49. The number of methoxy groups -OCH3 is 2. The maximum atomic E-state index is 14.0. The monoisotopic (exact) mass is 423 g/mol. The van der Waals surface area contributed by atoms with Crippen LogP contribution in [0.3, 0.4) is 0 Å². The standard InChI is InChI=1S/C23H22FN3O4/c1-30-19-7-6-15(21(14-19)31-2)8-10-26-22(28)16-11-17(24)13-18(12-16)27-23(29)20-5-3-4-9-25-20/h3-7,9,11-14H,8,10H2,1-2H3,(H,26,28)(H,27,29). The normalized spacial score (nSPS) is 10.3. The van der Waals surface area contributed by atoms with Crippen LogP contribution in [0.4, 0.5) is 10.1 Å². The van der Waals surface area contributed by atoms with Crippen LogP contribution in [0.5, 0.6) is 11.5 Å². The molecule has 7 nitrogen and oxygen atoms in total. The first kappa shape index (κ1) is 21.8. The quantitative estimate of drug-likeness (QED) is 0.579. The summed E-state index contributed by atoms with van der Waals surface area (Å²) < 4.78 is 24.5. The molecule has 1 aromatic heterocycles. The summed E-state index contributed by atoms with van der Waals surface area (Å²) in [4.78, 5) is 28.7. The topological polar surface area (TPSA) is 89.6 Å².